The van der Waals surface area contributed by atoms with E-state index >= 15 is 0 Å². The van der Waals surface area contributed by atoms with E-state index in [4.69, 9.17) is 10.5 Å². The van der Waals surface area contributed by atoms with Crippen molar-refractivity contribution in [2.24, 2.45) is 17.6 Å². The van der Waals surface area contributed by atoms with Gasteiger partial charge in [0.15, 0.2) is 0 Å². The van der Waals surface area contributed by atoms with Crippen molar-refractivity contribution < 1.29 is 9.53 Å². The summed E-state index contributed by atoms with van der Waals surface area (Å²) in [5, 5.41) is 0. The minimum absolute atomic E-state index is 0.0487. The SMILES string of the molecule is COCC1=CCN(C(=O)C(CN)C(C)C)CC1. The largest absolute Gasteiger partial charge is 0.380 e. The summed E-state index contributed by atoms with van der Waals surface area (Å²) in [6, 6.07) is 0. The summed E-state index contributed by atoms with van der Waals surface area (Å²) in [6.07, 6.45) is 3.01. The molecule has 4 heteroatoms. The van der Waals surface area contributed by atoms with E-state index < -0.39 is 0 Å². The van der Waals surface area contributed by atoms with Gasteiger partial charge in [0.25, 0.3) is 0 Å². The first-order chi connectivity index (χ1) is 8.10. The Kier molecular flexibility index (Phi) is 5.65. The van der Waals surface area contributed by atoms with Gasteiger partial charge in [0.05, 0.1) is 12.5 Å². The minimum Gasteiger partial charge on any atom is -0.380 e. The van der Waals surface area contributed by atoms with Crippen LogP contribution in [0.2, 0.25) is 0 Å². The Hall–Kier alpha value is -0.870. The molecule has 0 aromatic heterocycles. The van der Waals surface area contributed by atoms with Gasteiger partial charge in [0.1, 0.15) is 0 Å². The van der Waals surface area contributed by atoms with Crippen molar-refractivity contribution in [3.8, 4) is 0 Å². The van der Waals surface area contributed by atoms with E-state index in [-0.39, 0.29) is 11.8 Å². The first kappa shape index (κ1) is 14.2. The van der Waals surface area contributed by atoms with Crippen molar-refractivity contribution >= 4 is 5.91 Å². The molecule has 1 heterocycles. The third-order valence-corrected chi connectivity index (χ3v) is 3.32. The highest BCUT2D eigenvalue weighted by atomic mass is 16.5. The normalized spacial score (nSPS) is 18.2. The van der Waals surface area contributed by atoms with E-state index in [2.05, 4.69) is 6.08 Å². The fraction of sp³-hybridized carbons (Fsp3) is 0.769. The van der Waals surface area contributed by atoms with E-state index in [1.165, 1.54) is 5.57 Å². The lowest BCUT2D eigenvalue weighted by molar-refractivity contribution is -0.136. The number of ether oxygens (including phenoxy) is 1. The Morgan fingerprint density at radius 1 is 1.59 bits per heavy atom. The van der Waals surface area contributed by atoms with Gasteiger partial charge in [-0.3, -0.25) is 4.79 Å². The number of nitrogens with zero attached hydrogens (tertiary/aromatic N) is 1. The summed E-state index contributed by atoms with van der Waals surface area (Å²) in [4.78, 5) is 14.1. The molecule has 0 radical (unpaired) electrons. The van der Waals surface area contributed by atoms with Gasteiger partial charge in [-0.25, -0.2) is 0 Å². The highest BCUT2D eigenvalue weighted by molar-refractivity contribution is 5.79. The first-order valence-corrected chi connectivity index (χ1v) is 6.25. The van der Waals surface area contributed by atoms with Crippen LogP contribution in [0.3, 0.4) is 0 Å². The van der Waals surface area contributed by atoms with E-state index in [9.17, 15) is 4.79 Å². The van der Waals surface area contributed by atoms with Gasteiger partial charge in [0.2, 0.25) is 5.91 Å². The molecular formula is C13H24N2O2. The molecule has 0 saturated heterocycles. The van der Waals surface area contributed by atoms with Gasteiger partial charge in [0, 0.05) is 26.7 Å². The Bertz CT molecular complexity index is 287. The summed E-state index contributed by atoms with van der Waals surface area (Å²) in [5.41, 5.74) is 6.96. The maximum absolute atomic E-state index is 12.2. The summed E-state index contributed by atoms with van der Waals surface area (Å²) in [6.45, 7) is 6.68. The molecule has 0 aromatic rings. The molecule has 4 nitrogen and oxygen atoms in total. The Balaban J connectivity index is 2.56. The molecule has 0 spiro atoms. The molecule has 1 rings (SSSR count). The van der Waals surface area contributed by atoms with Crippen molar-refractivity contribution in [2.75, 3.05) is 33.4 Å². The molecular weight excluding hydrogens is 216 g/mol. The molecule has 1 aliphatic rings. The second-order valence-electron chi connectivity index (χ2n) is 4.92. The summed E-state index contributed by atoms with van der Waals surface area (Å²) >= 11 is 0. The summed E-state index contributed by atoms with van der Waals surface area (Å²) < 4.78 is 5.09. The van der Waals surface area contributed by atoms with Crippen LogP contribution in [0.5, 0.6) is 0 Å². The Labute approximate surface area is 104 Å². The molecule has 0 fully saturated rings. The highest BCUT2D eigenvalue weighted by Crippen LogP contribution is 2.17. The third-order valence-electron chi connectivity index (χ3n) is 3.32. The van der Waals surface area contributed by atoms with Crippen LogP contribution >= 0.6 is 0 Å². The molecule has 1 unspecified atom stereocenters. The summed E-state index contributed by atoms with van der Waals surface area (Å²) in [5.74, 6) is 0.444. The van der Waals surface area contributed by atoms with Crippen molar-refractivity contribution in [3.63, 3.8) is 0 Å². The molecule has 1 amide bonds. The second kappa shape index (κ2) is 6.77. The zero-order valence-corrected chi connectivity index (χ0v) is 11.1. The quantitative estimate of drug-likeness (QED) is 0.730. The number of methoxy groups -OCH3 is 1. The van der Waals surface area contributed by atoms with Gasteiger partial charge in [-0.1, -0.05) is 19.9 Å². The molecule has 0 saturated carbocycles. The number of carbonyl (C=O) groups excluding carboxylic acids is 1. The van der Waals surface area contributed by atoms with Crippen LogP contribution in [0.25, 0.3) is 0 Å². The summed E-state index contributed by atoms with van der Waals surface area (Å²) in [7, 11) is 1.70. The van der Waals surface area contributed by atoms with Gasteiger partial charge in [-0.15, -0.1) is 0 Å². The molecule has 0 aliphatic carbocycles. The fourth-order valence-corrected chi connectivity index (χ4v) is 2.12. The van der Waals surface area contributed by atoms with Crippen molar-refractivity contribution in [1.29, 1.82) is 0 Å². The predicted molar refractivity (Wildman–Crippen MR) is 68.5 cm³/mol. The van der Waals surface area contributed by atoms with E-state index in [0.717, 1.165) is 13.0 Å². The van der Waals surface area contributed by atoms with Gasteiger partial charge in [-0.05, 0) is 17.9 Å². The monoisotopic (exact) mass is 240 g/mol. The zero-order chi connectivity index (χ0) is 12.8. The lowest BCUT2D eigenvalue weighted by atomic mass is 9.93. The van der Waals surface area contributed by atoms with Gasteiger partial charge in [-0.2, -0.15) is 0 Å². The number of carbonyl (C=O) groups is 1. The molecule has 2 N–H and O–H groups in total. The lowest BCUT2D eigenvalue weighted by Crippen LogP contribution is -2.43. The van der Waals surface area contributed by atoms with E-state index in [1.807, 2.05) is 18.7 Å². The topological polar surface area (TPSA) is 55.6 Å². The molecule has 1 aliphatic heterocycles. The predicted octanol–water partition coefficient (Wildman–Crippen LogP) is 1.02. The average Bonchev–Trinajstić information content (AvgIpc) is 2.30. The molecule has 0 bridgehead atoms. The van der Waals surface area contributed by atoms with Crippen LogP contribution in [0, 0.1) is 11.8 Å². The number of hydrogen-bond donors (Lipinski definition) is 1. The van der Waals surface area contributed by atoms with Crippen molar-refractivity contribution in [1.82, 2.24) is 4.90 Å². The Morgan fingerprint density at radius 2 is 2.29 bits per heavy atom. The smallest absolute Gasteiger partial charge is 0.227 e. The maximum Gasteiger partial charge on any atom is 0.227 e. The lowest BCUT2D eigenvalue weighted by Gasteiger charge is -2.31. The fourth-order valence-electron chi connectivity index (χ4n) is 2.12. The number of nitrogens with two attached hydrogens (primary N) is 1. The van der Waals surface area contributed by atoms with Crippen molar-refractivity contribution in [2.45, 2.75) is 20.3 Å². The van der Waals surface area contributed by atoms with Gasteiger partial charge < -0.3 is 15.4 Å². The number of amides is 1. The molecule has 1 atom stereocenters. The Morgan fingerprint density at radius 3 is 2.71 bits per heavy atom. The molecule has 98 valence electrons. The van der Waals surface area contributed by atoms with Crippen LogP contribution in [0.4, 0.5) is 0 Å². The molecule has 17 heavy (non-hydrogen) atoms. The third kappa shape index (κ3) is 3.82. The standard InChI is InChI=1S/C13H24N2O2/c1-10(2)12(8-14)13(16)15-6-4-11(5-7-15)9-17-3/h4,10,12H,5-9,14H2,1-3H3. The van der Waals surface area contributed by atoms with E-state index in [0.29, 0.717) is 25.6 Å². The number of rotatable bonds is 5. The van der Waals surface area contributed by atoms with Crippen LogP contribution in [-0.4, -0.2) is 44.2 Å². The maximum atomic E-state index is 12.2. The van der Waals surface area contributed by atoms with E-state index in [1.54, 1.807) is 7.11 Å². The van der Waals surface area contributed by atoms with Crippen LogP contribution in [0.15, 0.2) is 11.6 Å². The second-order valence-corrected chi connectivity index (χ2v) is 4.92. The first-order valence-electron chi connectivity index (χ1n) is 6.25. The average molecular weight is 240 g/mol. The van der Waals surface area contributed by atoms with Gasteiger partial charge >= 0.3 is 0 Å². The number of hydrogen-bond acceptors (Lipinski definition) is 3. The minimum atomic E-state index is -0.0487. The highest BCUT2D eigenvalue weighted by Gasteiger charge is 2.26. The van der Waals surface area contributed by atoms with Crippen LogP contribution in [-0.2, 0) is 9.53 Å². The van der Waals surface area contributed by atoms with Crippen LogP contribution in [0.1, 0.15) is 20.3 Å². The van der Waals surface area contributed by atoms with Crippen LogP contribution < -0.4 is 5.73 Å². The van der Waals surface area contributed by atoms with Crippen molar-refractivity contribution in [3.05, 3.63) is 11.6 Å². The molecule has 0 aromatic carbocycles. The zero-order valence-electron chi connectivity index (χ0n) is 11.1.